The molecule has 4 heteroatoms. The molecule has 0 amide bonds. The fraction of sp³-hybridized carbons (Fsp3) is 0.500. The normalized spacial score (nSPS) is 12.3. The van der Waals surface area contributed by atoms with E-state index >= 15 is 0 Å². The van der Waals surface area contributed by atoms with E-state index in [1.807, 2.05) is 25.1 Å². The Hall–Kier alpha value is -1.65. The number of unbranched alkanes of at least 4 members (excludes halogenated alkanes) is 2. The molecular formula is C18H27NO3. The van der Waals surface area contributed by atoms with Crippen LogP contribution in [0.25, 0.3) is 0 Å². The van der Waals surface area contributed by atoms with Crippen LogP contribution >= 0.6 is 0 Å². The van der Waals surface area contributed by atoms with Gasteiger partial charge in [0.05, 0.1) is 12.6 Å². The maximum absolute atomic E-state index is 10.5. The Balaban J connectivity index is 2.65. The number of carboxylic acid groups (broad SMARTS) is 1. The number of carbonyl (C=O) groups is 1. The molecule has 4 nitrogen and oxygen atoms in total. The number of rotatable bonds is 11. The fourth-order valence-electron chi connectivity index (χ4n) is 2.71. The first-order valence-electron chi connectivity index (χ1n) is 7.83. The van der Waals surface area contributed by atoms with Crippen molar-refractivity contribution in [2.75, 3.05) is 19.7 Å². The summed E-state index contributed by atoms with van der Waals surface area (Å²) >= 11 is 0. The van der Waals surface area contributed by atoms with E-state index in [9.17, 15) is 9.90 Å². The Bertz CT molecular complexity index is 459. The van der Waals surface area contributed by atoms with E-state index in [1.54, 1.807) is 0 Å². The second-order valence-corrected chi connectivity index (χ2v) is 5.62. The highest BCUT2D eigenvalue weighted by molar-refractivity contribution is 5.66. The van der Waals surface area contributed by atoms with Gasteiger partial charge < -0.3 is 10.2 Å². The van der Waals surface area contributed by atoms with Crippen molar-refractivity contribution in [1.82, 2.24) is 4.90 Å². The first kappa shape index (κ1) is 18.4. The van der Waals surface area contributed by atoms with E-state index in [1.165, 1.54) is 5.56 Å². The van der Waals surface area contributed by atoms with Crippen molar-refractivity contribution in [3.8, 4) is 0 Å². The number of aliphatic hydroxyl groups is 1. The number of aliphatic carboxylic acids is 1. The molecule has 0 aliphatic carbocycles. The Morgan fingerprint density at radius 3 is 2.41 bits per heavy atom. The molecule has 0 aromatic heterocycles. The van der Waals surface area contributed by atoms with Gasteiger partial charge in [-0.2, -0.15) is 0 Å². The van der Waals surface area contributed by atoms with E-state index in [0.29, 0.717) is 13.0 Å². The summed E-state index contributed by atoms with van der Waals surface area (Å²) in [5, 5.41) is 18.0. The fourth-order valence-corrected chi connectivity index (χ4v) is 2.71. The van der Waals surface area contributed by atoms with Gasteiger partial charge in [-0.05, 0) is 31.9 Å². The van der Waals surface area contributed by atoms with Gasteiger partial charge >= 0.3 is 5.97 Å². The van der Waals surface area contributed by atoms with Crippen LogP contribution in [0.3, 0.4) is 0 Å². The zero-order valence-electron chi connectivity index (χ0n) is 13.4. The predicted molar refractivity (Wildman–Crippen MR) is 88.8 cm³/mol. The van der Waals surface area contributed by atoms with Crippen molar-refractivity contribution in [3.05, 3.63) is 48.0 Å². The molecule has 0 spiro atoms. The van der Waals surface area contributed by atoms with Crippen LogP contribution in [0.4, 0.5) is 0 Å². The van der Waals surface area contributed by atoms with Crippen LogP contribution in [0.2, 0.25) is 0 Å². The quantitative estimate of drug-likeness (QED) is 0.487. The smallest absolute Gasteiger partial charge is 0.303 e. The number of hydrogen-bond acceptors (Lipinski definition) is 3. The summed E-state index contributed by atoms with van der Waals surface area (Å²) in [6, 6.07) is 10.3. The highest BCUT2D eigenvalue weighted by Gasteiger charge is 2.20. The molecule has 0 heterocycles. The van der Waals surface area contributed by atoms with Gasteiger partial charge in [0.25, 0.3) is 0 Å². The van der Waals surface area contributed by atoms with Crippen LogP contribution in [-0.2, 0) is 4.79 Å². The summed E-state index contributed by atoms with van der Waals surface area (Å²) in [7, 11) is 0. The van der Waals surface area contributed by atoms with Gasteiger partial charge in [-0.15, -0.1) is 0 Å². The average Bonchev–Trinajstić information content (AvgIpc) is 2.47. The summed E-state index contributed by atoms with van der Waals surface area (Å²) in [6.07, 6.45) is 2.73. The van der Waals surface area contributed by atoms with Gasteiger partial charge in [-0.25, -0.2) is 0 Å². The topological polar surface area (TPSA) is 60.8 Å². The molecule has 1 atom stereocenters. The predicted octanol–water partition coefficient (Wildman–Crippen LogP) is 3.24. The van der Waals surface area contributed by atoms with Crippen LogP contribution in [0.15, 0.2) is 42.5 Å². The lowest BCUT2D eigenvalue weighted by Crippen LogP contribution is -2.33. The first-order chi connectivity index (χ1) is 10.6. The van der Waals surface area contributed by atoms with Crippen molar-refractivity contribution in [2.45, 2.75) is 38.6 Å². The Morgan fingerprint density at radius 1 is 1.18 bits per heavy atom. The molecule has 1 aromatic rings. The van der Waals surface area contributed by atoms with Crippen LogP contribution < -0.4 is 0 Å². The Morgan fingerprint density at radius 2 is 1.86 bits per heavy atom. The molecule has 0 radical (unpaired) electrons. The standard InChI is InChI=1S/C18H27NO3/c1-15(2)18(16-9-5-3-6-10-16)19(13-14-20)12-8-4-7-11-17(21)22/h3,5-6,9-10,18,20H,1,4,7-8,11-14H2,2H3,(H,21,22). The van der Waals surface area contributed by atoms with E-state index in [-0.39, 0.29) is 19.1 Å². The van der Waals surface area contributed by atoms with Crippen LogP contribution in [-0.4, -0.2) is 40.8 Å². The second-order valence-electron chi connectivity index (χ2n) is 5.62. The number of nitrogens with zero attached hydrogens (tertiary/aromatic N) is 1. The highest BCUT2D eigenvalue weighted by Crippen LogP contribution is 2.27. The monoisotopic (exact) mass is 305 g/mol. The number of aliphatic hydroxyl groups excluding tert-OH is 1. The summed E-state index contributed by atoms with van der Waals surface area (Å²) in [4.78, 5) is 12.7. The summed E-state index contributed by atoms with van der Waals surface area (Å²) in [5.74, 6) is -0.740. The van der Waals surface area contributed by atoms with Gasteiger partial charge in [-0.3, -0.25) is 9.69 Å². The van der Waals surface area contributed by atoms with E-state index in [0.717, 1.165) is 25.0 Å². The van der Waals surface area contributed by atoms with Crippen LogP contribution in [0, 0.1) is 0 Å². The van der Waals surface area contributed by atoms with Gasteiger partial charge in [0.2, 0.25) is 0 Å². The van der Waals surface area contributed by atoms with Crippen LogP contribution in [0.5, 0.6) is 0 Å². The van der Waals surface area contributed by atoms with Gasteiger partial charge in [-0.1, -0.05) is 48.9 Å². The minimum Gasteiger partial charge on any atom is -0.481 e. The Labute approximate surface area is 133 Å². The van der Waals surface area contributed by atoms with Crippen molar-refractivity contribution in [1.29, 1.82) is 0 Å². The average molecular weight is 305 g/mol. The first-order valence-corrected chi connectivity index (χ1v) is 7.83. The molecular weight excluding hydrogens is 278 g/mol. The van der Waals surface area contributed by atoms with Gasteiger partial charge in [0.1, 0.15) is 0 Å². The number of hydrogen-bond donors (Lipinski definition) is 2. The Kier molecular flexibility index (Phi) is 8.48. The highest BCUT2D eigenvalue weighted by atomic mass is 16.4. The molecule has 0 aliphatic heterocycles. The maximum Gasteiger partial charge on any atom is 0.303 e. The molecule has 0 aliphatic rings. The molecule has 0 saturated heterocycles. The molecule has 0 bridgehead atoms. The third kappa shape index (κ3) is 6.41. The lowest BCUT2D eigenvalue weighted by Gasteiger charge is -2.32. The van der Waals surface area contributed by atoms with Crippen molar-refractivity contribution >= 4 is 5.97 Å². The molecule has 0 fully saturated rings. The zero-order chi connectivity index (χ0) is 16.4. The lowest BCUT2D eigenvalue weighted by molar-refractivity contribution is -0.137. The maximum atomic E-state index is 10.5. The number of carboxylic acids is 1. The molecule has 1 rings (SSSR count). The summed E-state index contributed by atoms with van der Waals surface area (Å²) < 4.78 is 0. The van der Waals surface area contributed by atoms with Crippen molar-refractivity contribution < 1.29 is 15.0 Å². The molecule has 1 aromatic carbocycles. The third-order valence-electron chi connectivity index (χ3n) is 3.67. The second kappa shape index (κ2) is 10.1. The summed E-state index contributed by atoms with van der Waals surface area (Å²) in [5.41, 5.74) is 2.22. The third-order valence-corrected chi connectivity index (χ3v) is 3.67. The molecule has 122 valence electrons. The lowest BCUT2D eigenvalue weighted by atomic mass is 9.98. The molecule has 22 heavy (non-hydrogen) atoms. The van der Waals surface area contributed by atoms with Crippen molar-refractivity contribution in [2.24, 2.45) is 0 Å². The SMILES string of the molecule is C=C(C)C(c1ccccc1)N(CCO)CCCCCC(=O)O. The van der Waals surface area contributed by atoms with Gasteiger partial charge in [0, 0.05) is 13.0 Å². The zero-order valence-corrected chi connectivity index (χ0v) is 13.4. The molecule has 2 N–H and O–H groups in total. The van der Waals surface area contributed by atoms with E-state index in [2.05, 4.69) is 23.6 Å². The minimum absolute atomic E-state index is 0.0906. The molecule has 0 saturated carbocycles. The van der Waals surface area contributed by atoms with Crippen LogP contribution in [0.1, 0.15) is 44.2 Å². The number of benzene rings is 1. The van der Waals surface area contributed by atoms with E-state index in [4.69, 9.17) is 5.11 Å². The van der Waals surface area contributed by atoms with Crippen molar-refractivity contribution in [3.63, 3.8) is 0 Å². The largest absolute Gasteiger partial charge is 0.481 e. The molecule has 1 unspecified atom stereocenters. The minimum atomic E-state index is -0.740. The van der Waals surface area contributed by atoms with Gasteiger partial charge in [0.15, 0.2) is 0 Å². The van der Waals surface area contributed by atoms with E-state index < -0.39 is 5.97 Å². The summed E-state index contributed by atoms with van der Waals surface area (Å²) in [6.45, 7) is 7.63.